The van der Waals surface area contributed by atoms with Crippen molar-refractivity contribution in [1.82, 2.24) is 4.90 Å². The van der Waals surface area contributed by atoms with Crippen LogP contribution in [0.25, 0.3) is 0 Å². The number of imide groups is 1. The molecule has 0 bridgehead atoms. The highest BCUT2D eigenvalue weighted by Gasteiger charge is 2.37. The van der Waals surface area contributed by atoms with Crippen LogP contribution < -0.4 is 0 Å². The van der Waals surface area contributed by atoms with Crippen molar-refractivity contribution in [2.45, 2.75) is 38.6 Å². The molecule has 1 aliphatic heterocycles. The van der Waals surface area contributed by atoms with E-state index in [1.54, 1.807) is 0 Å². The summed E-state index contributed by atoms with van der Waals surface area (Å²) in [7, 11) is 0. The molecule has 0 aromatic heterocycles. The van der Waals surface area contributed by atoms with E-state index in [-0.39, 0.29) is 18.6 Å². The highest BCUT2D eigenvalue weighted by Crippen LogP contribution is 2.23. The minimum atomic E-state index is -0.512. The highest BCUT2D eigenvalue weighted by atomic mass is 127. The van der Waals surface area contributed by atoms with Gasteiger partial charge in [-0.1, -0.05) is 43.8 Å². The SMILES string of the molecule is C=C(I)C[C@H](C)CCC(=O)N1C(=O)OC[C@H]1Cc1ccccc1. The zero-order valence-corrected chi connectivity index (χ0v) is 15.5. The first-order valence-corrected chi connectivity index (χ1v) is 8.91. The van der Waals surface area contributed by atoms with Gasteiger partial charge >= 0.3 is 6.09 Å². The minimum absolute atomic E-state index is 0.139. The van der Waals surface area contributed by atoms with E-state index in [0.717, 1.165) is 22.0 Å². The fraction of sp³-hybridized carbons (Fsp3) is 0.444. The summed E-state index contributed by atoms with van der Waals surface area (Å²) in [6, 6.07) is 9.66. The van der Waals surface area contributed by atoms with Gasteiger partial charge in [-0.3, -0.25) is 4.79 Å². The second kappa shape index (κ2) is 8.47. The number of benzene rings is 1. The number of ether oxygens (including phenoxy) is 1. The predicted octanol–water partition coefficient (Wildman–Crippen LogP) is 4.33. The Morgan fingerprint density at radius 1 is 1.43 bits per heavy atom. The number of hydrogen-bond acceptors (Lipinski definition) is 3. The van der Waals surface area contributed by atoms with Crippen LogP contribution in [0.3, 0.4) is 0 Å². The third kappa shape index (κ3) is 5.34. The van der Waals surface area contributed by atoms with Gasteiger partial charge in [-0.2, -0.15) is 0 Å². The number of carbonyl (C=O) groups excluding carboxylic acids is 2. The van der Waals surface area contributed by atoms with E-state index in [1.807, 2.05) is 30.3 Å². The van der Waals surface area contributed by atoms with E-state index < -0.39 is 6.09 Å². The third-order valence-corrected chi connectivity index (χ3v) is 4.41. The van der Waals surface area contributed by atoms with Gasteiger partial charge in [-0.15, -0.1) is 0 Å². The van der Waals surface area contributed by atoms with Gasteiger partial charge in [0, 0.05) is 6.42 Å². The van der Waals surface area contributed by atoms with Gasteiger partial charge in [0.1, 0.15) is 6.61 Å². The Morgan fingerprint density at radius 2 is 2.13 bits per heavy atom. The van der Waals surface area contributed by atoms with Crippen molar-refractivity contribution in [2.24, 2.45) is 5.92 Å². The predicted molar refractivity (Wildman–Crippen MR) is 98.3 cm³/mol. The number of hydrogen-bond donors (Lipinski definition) is 0. The molecule has 1 fully saturated rings. The largest absolute Gasteiger partial charge is 0.447 e. The second-order valence-electron chi connectivity index (χ2n) is 6.05. The van der Waals surface area contributed by atoms with Gasteiger partial charge in [-0.05, 0) is 56.9 Å². The molecule has 4 nitrogen and oxygen atoms in total. The van der Waals surface area contributed by atoms with E-state index in [9.17, 15) is 9.59 Å². The van der Waals surface area contributed by atoms with E-state index >= 15 is 0 Å². The summed E-state index contributed by atoms with van der Waals surface area (Å²) >= 11 is 2.21. The van der Waals surface area contributed by atoms with E-state index in [1.165, 1.54) is 4.90 Å². The Balaban J connectivity index is 1.93. The molecule has 1 heterocycles. The number of nitrogens with zero attached hydrogens (tertiary/aromatic N) is 1. The van der Waals surface area contributed by atoms with E-state index in [4.69, 9.17) is 4.74 Å². The summed E-state index contributed by atoms with van der Waals surface area (Å²) in [6.45, 7) is 6.26. The zero-order chi connectivity index (χ0) is 16.8. The second-order valence-corrected chi connectivity index (χ2v) is 7.58. The summed E-state index contributed by atoms with van der Waals surface area (Å²) in [5, 5.41) is 0. The Hall–Kier alpha value is -1.37. The third-order valence-electron chi connectivity index (χ3n) is 3.96. The molecule has 2 amide bonds. The van der Waals surface area contributed by atoms with Crippen molar-refractivity contribution in [3.63, 3.8) is 0 Å². The van der Waals surface area contributed by atoms with Crippen LogP contribution >= 0.6 is 22.6 Å². The fourth-order valence-corrected chi connectivity index (χ4v) is 3.52. The van der Waals surface area contributed by atoms with Gasteiger partial charge in [-0.25, -0.2) is 9.69 Å². The van der Waals surface area contributed by atoms with Crippen LogP contribution in [-0.4, -0.2) is 29.5 Å². The lowest BCUT2D eigenvalue weighted by molar-refractivity contribution is -0.129. The Morgan fingerprint density at radius 3 is 2.78 bits per heavy atom. The lowest BCUT2D eigenvalue weighted by Crippen LogP contribution is -2.40. The molecular formula is C18H22INO3. The van der Waals surface area contributed by atoms with Crippen molar-refractivity contribution < 1.29 is 14.3 Å². The highest BCUT2D eigenvalue weighted by molar-refractivity contribution is 14.1. The van der Waals surface area contributed by atoms with Gasteiger partial charge < -0.3 is 4.74 Å². The number of rotatable bonds is 7. The maximum Gasteiger partial charge on any atom is 0.416 e. The maximum atomic E-state index is 12.4. The van der Waals surface area contributed by atoms with Crippen molar-refractivity contribution in [2.75, 3.05) is 6.61 Å². The molecule has 1 aromatic rings. The molecule has 0 unspecified atom stereocenters. The number of cyclic esters (lactones) is 1. The Labute approximate surface area is 151 Å². The molecule has 124 valence electrons. The molecule has 0 saturated carbocycles. The molecule has 1 saturated heterocycles. The van der Waals surface area contributed by atoms with Crippen molar-refractivity contribution in [1.29, 1.82) is 0 Å². The summed E-state index contributed by atoms with van der Waals surface area (Å²) < 4.78 is 6.18. The molecule has 0 spiro atoms. The summed E-state index contributed by atoms with van der Waals surface area (Å²) in [5.74, 6) is 0.244. The summed E-state index contributed by atoms with van der Waals surface area (Å²) in [6.07, 6.45) is 2.14. The quantitative estimate of drug-likeness (QED) is 0.609. The normalized spacial score (nSPS) is 18.6. The molecule has 1 aromatic carbocycles. The number of halogens is 1. The zero-order valence-electron chi connectivity index (χ0n) is 13.3. The topological polar surface area (TPSA) is 46.6 Å². The van der Waals surface area contributed by atoms with Crippen LogP contribution in [0.1, 0.15) is 31.7 Å². The van der Waals surface area contributed by atoms with Crippen LogP contribution in [0.2, 0.25) is 0 Å². The smallest absolute Gasteiger partial charge is 0.416 e. The van der Waals surface area contributed by atoms with Crippen LogP contribution in [0.15, 0.2) is 40.5 Å². The van der Waals surface area contributed by atoms with Gasteiger partial charge in [0.05, 0.1) is 6.04 Å². The lowest BCUT2D eigenvalue weighted by Gasteiger charge is -2.20. The summed E-state index contributed by atoms with van der Waals surface area (Å²) in [5.41, 5.74) is 1.10. The minimum Gasteiger partial charge on any atom is -0.447 e. The fourth-order valence-electron chi connectivity index (χ4n) is 2.77. The first-order valence-electron chi connectivity index (χ1n) is 7.83. The number of allylic oxidation sites excluding steroid dienone is 1. The molecule has 2 rings (SSSR count). The molecule has 2 atom stereocenters. The molecule has 0 radical (unpaired) electrons. The van der Waals surface area contributed by atoms with Crippen molar-refractivity contribution in [3.8, 4) is 0 Å². The first-order chi connectivity index (χ1) is 11.0. The van der Waals surface area contributed by atoms with Crippen LogP contribution in [-0.2, 0) is 16.0 Å². The van der Waals surface area contributed by atoms with E-state index in [0.29, 0.717) is 18.8 Å². The average molecular weight is 427 g/mol. The molecule has 0 aliphatic carbocycles. The van der Waals surface area contributed by atoms with Gasteiger partial charge in [0.25, 0.3) is 0 Å². The Bertz CT molecular complexity index is 573. The van der Waals surface area contributed by atoms with Gasteiger partial charge in [0.2, 0.25) is 5.91 Å². The molecule has 5 heteroatoms. The van der Waals surface area contributed by atoms with E-state index in [2.05, 4.69) is 36.1 Å². The Kier molecular flexibility index (Phi) is 6.62. The van der Waals surface area contributed by atoms with Gasteiger partial charge in [0.15, 0.2) is 0 Å². The van der Waals surface area contributed by atoms with Crippen molar-refractivity contribution in [3.05, 3.63) is 46.1 Å². The van der Waals surface area contributed by atoms with Crippen LogP contribution in [0, 0.1) is 5.92 Å². The number of amides is 2. The molecule has 23 heavy (non-hydrogen) atoms. The first kappa shape index (κ1) is 18.0. The monoisotopic (exact) mass is 427 g/mol. The maximum absolute atomic E-state index is 12.4. The number of carbonyl (C=O) groups is 2. The standard InChI is InChI=1S/C18H22INO3/c1-13(10-14(2)19)8-9-17(21)20-16(12-23-18(20)22)11-15-6-4-3-5-7-15/h3-7,13,16H,2,8-12H2,1H3/t13-,16-/m1/s1. The average Bonchev–Trinajstić information content (AvgIpc) is 2.86. The van der Waals surface area contributed by atoms with Crippen molar-refractivity contribution >= 4 is 34.6 Å². The van der Waals surface area contributed by atoms with Crippen LogP contribution in [0.4, 0.5) is 4.79 Å². The molecule has 0 N–H and O–H groups in total. The van der Waals surface area contributed by atoms with Crippen LogP contribution in [0.5, 0.6) is 0 Å². The lowest BCUT2D eigenvalue weighted by atomic mass is 10.0. The molecular weight excluding hydrogens is 405 g/mol. The summed E-state index contributed by atoms with van der Waals surface area (Å²) in [4.78, 5) is 25.7. The molecule has 1 aliphatic rings.